The van der Waals surface area contributed by atoms with E-state index in [1.54, 1.807) is 5.41 Å². The number of hydrogen-bond donors (Lipinski definition) is 0. The molecule has 2 nitrogen and oxygen atoms in total. The van der Waals surface area contributed by atoms with Gasteiger partial charge in [0.05, 0.1) is 12.0 Å². The van der Waals surface area contributed by atoms with Crippen LogP contribution >= 0.6 is 23.5 Å². The molecule has 0 heterocycles. The van der Waals surface area contributed by atoms with Gasteiger partial charge in [-0.05, 0) is 17.9 Å². The van der Waals surface area contributed by atoms with E-state index >= 15 is 0 Å². The van der Waals surface area contributed by atoms with Crippen LogP contribution in [0.5, 0.6) is 0 Å². The number of rotatable bonds is 3. The van der Waals surface area contributed by atoms with Crippen LogP contribution in [0.25, 0.3) is 0 Å². The molecule has 0 N–H and O–H groups in total. The molecule has 0 saturated carbocycles. The summed E-state index contributed by atoms with van der Waals surface area (Å²) >= 11 is 2.89. The maximum Gasteiger partial charge on any atom is 0.344 e. The van der Waals surface area contributed by atoms with Crippen LogP contribution in [-0.4, -0.2) is 25.6 Å². The molecule has 0 aliphatic carbocycles. The molecule has 0 fully saturated rings. The van der Waals surface area contributed by atoms with Gasteiger partial charge in [0.1, 0.15) is 0 Å². The first-order chi connectivity index (χ1) is 4.76. The minimum Gasteiger partial charge on any atom is -0.465 e. The van der Waals surface area contributed by atoms with Gasteiger partial charge in [-0.15, -0.1) is 23.5 Å². The summed E-state index contributed by atoms with van der Waals surface area (Å²) in [7, 11) is 1.38. The molecule has 0 spiro atoms. The summed E-state index contributed by atoms with van der Waals surface area (Å²) in [5, 5.41) is 1.77. The van der Waals surface area contributed by atoms with Crippen LogP contribution in [0.3, 0.4) is 0 Å². The molecule has 0 amide bonds. The molecule has 0 aliphatic rings. The predicted molar refractivity (Wildman–Crippen MR) is 47.1 cm³/mol. The quantitative estimate of drug-likeness (QED) is 0.485. The van der Waals surface area contributed by atoms with Crippen molar-refractivity contribution < 1.29 is 9.53 Å². The van der Waals surface area contributed by atoms with Crippen LogP contribution < -0.4 is 0 Å². The van der Waals surface area contributed by atoms with Gasteiger partial charge in [-0.2, -0.15) is 0 Å². The molecule has 0 aromatic rings. The van der Waals surface area contributed by atoms with Crippen molar-refractivity contribution in [2.45, 2.75) is 0 Å². The van der Waals surface area contributed by atoms with E-state index in [2.05, 4.69) is 4.74 Å². The normalized spacial score (nSPS) is 11.3. The molecular formula is C6H10O2S2. The van der Waals surface area contributed by atoms with Crippen molar-refractivity contribution in [1.82, 2.24) is 0 Å². The average molecular weight is 178 g/mol. The fraction of sp³-hybridized carbons (Fsp3) is 0.500. The van der Waals surface area contributed by atoms with Gasteiger partial charge in [-0.1, -0.05) is 0 Å². The Morgan fingerprint density at radius 1 is 1.50 bits per heavy atom. The molecule has 58 valence electrons. The summed E-state index contributed by atoms with van der Waals surface area (Å²) in [6, 6.07) is 0. The van der Waals surface area contributed by atoms with Gasteiger partial charge in [0.15, 0.2) is 0 Å². The Morgan fingerprint density at radius 2 is 2.10 bits per heavy atom. The first-order valence-electron chi connectivity index (χ1n) is 2.61. The Hall–Kier alpha value is -0.0900. The monoisotopic (exact) mass is 178 g/mol. The highest BCUT2D eigenvalue weighted by molar-refractivity contribution is 8.06. The minimum atomic E-state index is -0.262. The summed E-state index contributed by atoms with van der Waals surface area (Å²) < 4.78 is 4.51. The summed E-state index contributed by atoms with van der Waals surface area (Å²) in [5.74, 6) is -0.262. The van der Waals surface area contributed by atoms with Gasteiger partial charge >= 0.3 is 5.97 Å². The Balaban J connectivity index is 4.06. The topological polar surface area (TPSA) is 26.3 Å². The maximum absolute atomic E-state index is 10.8. The molecule has 0 radical (unpaired) electrons. The largest absolute Gasteiger partial charge is 0.465 e. The molecular weight excluding hydrogens is 168 g/mol. The molecule has 0 unspecified atom stereocenters. The zero-order chi connectivity index (χ0) is 7.98. The molecule has 0 aromatic heterocycles. The van der Waals surface area contributed by atoms with E-state index in [0.29, 0.717) is 4.91 Å². The van der Waals surface area contributed by atoms with Crippen LogP contribution in [0, 0.1) is 0 Å². The highest BCUT2D eigenvalue weighted by Crippen LogP contribution is 2.16. The van der Waals surface area contributed by atoms with Gasteiger partial charge in [-0.3, -0.25) is 0 Å². The van der Waals surface area contributed by atoms with E-state index in [1.165, 1.54) is 30.6 Å². The van der Waals surface area contributed by atoms with E-state index in [1.807, 2.05) is 12.5 Å². The van der Waals surface area contributed by atoms with Crippen molar-refractivity contribution in [1.29, 1.82) is 0 Å². The number of hydrogen-bond acceptors (Lipinski definition) is 4. The van der Waals surface area contributed by atoms with Crippen LogP contribution in [-0.2, 0) is 9.53 Å². The van der Waals surface area contributed by atoms with Gasteiger partial charge in [0.25, 0.3) is 0 Å². The molecule has 10 heavy (non-hydrogen) atoms. The van der Waals surface area contributed by atoms with Crippen LogP contribution in [0.15, 0.2) is 10.3 Å². The van der Waals surface area contributed by atoms with E-state index in [-0.39, 0.29) is 5.97 Å². The molecule has 0 atom stereocenters. The molecule has 0 bridgehead atoms. The third kappa shape index (κ3) is 3.17. The standard InChI is InChI=1S/C6H10O2S2/c1-8-6(7)5(10-3)4-9-2/h4H,1-3H3. The van der Waals surface area contributed by atoms with E-state index in [9.17, 15) is 4.79 Å². The summed E-state index contributed by atoms with van der Waals surface area (Å²) in [4.78, 5) is 11.5. The van der Waals surface area contributed by atoms with Crippen LogP contribution in [0.4, 0.5) is 0 Å². The smallest absolute Gasteiger partial charge is 0.344 e. The Bertz CT molecular complexity index is 143. The maximum atomic E-state index is 10.8. The van der Waals surface area contributed by atoms with Crippen molar-refractivity contribution >= 4 is 29.5 Å². The van der Waals surface area contributed by atoms with Gasteiger partial charge in [-0.25, -0.2) is 4.79 Å². The predicted octanol–water partition coefficient (Wildman–Crippen LogP) is 1.73. The van der Waals surface area contributed by atoms with Gasteiger partial charge in [0, 0.05) is 0 Å². The SMILES string of the molecule is COC(=O)C(=CSC)SC. The zero-order valence-corrected chi connectivity index (χ0v) is 7.84. The highest BCUT2D eigenvalue weighted by atomic mass is 32.2. The second kappa shape index (κ2) is 5.68. The lowest BCUT2D eigenvalue weighted by Crippen LogP contribution is -2.00. The van der Waals surface area contributed by atoms with Crippen molar-refractivity contribution in [3.05, 3.63) is 10.3 Å². The van der Waals surface area contributed by atoms with Crippen molar-refractivity contribution in [3.63, 3.8) is 0 Å². The highest BCUT2D eigenvalue weighted by Gasteiger charge is 2.05. The molecule has 0 rings (SSSR count). The lowest BCUT2D eigenvalue weighted by atomic mass is 10.6. The molecule has 0 aromatic carbocycles. The van der Waals surface area contributed by atoms with Crippen LogP contribution in [0.2, 0.25) is 0 Å². The third-order valence-electron chi connectivity index (χ3n) is 0.831. The summed E-state index contributed by atoms with van der Waals surface area (Å²) in [6.45, 7) is 0. The van der Waals surface area contributed by atoms with Gasteiger partial charge < -0.3 is 4.74 Å². The van der Waals surface area contributed by atoms with E-state index in [0.717, 1.165) is 0 Å². The summed E-state index contributed by atoms with van der Waals surface area (Å²) in [5.41, 5.74) is 0. The molecule has 0 aliphatic heterocycles. The van der Waals surface area contributed by atoms with Crippen LogP contribution in [0.1, 0.15) is 0 Å². The number of methoxy groups -OCH3 is 1. The number of thioether (sulfide) groups is 2. The van der Waals surface area contributed by atoms with E-state index < -0.39 is 0 Å². The zero-order valence-electron chi connectivity index (χ0n) is 6.21. The fourth-order valence-electron chi connectivity index (χ4n) is 0.387. The number of ether oxygens (including phenoxy) is 1. The lowest BCUT2D eigenvalue weighted by Gasteiger charge is -1.98. The van der Waals surface area contributed by atoms with E-state index in [4.69, 9.17) is 0 Å². The number of carbonyl (C=O) groups excluding carboxylic acids is 1. The fourth-order valence-corrected chi connectivity index (χ4v) is 1.62. The van der Waals surface area contributed by atoms with Gasteiger partial charge in [0.2, 0.25) is 0 Å². The minimum absolute atomic E-state index is 0.262. The van der Waals surface area contributed by atoms with Crippen molar-refractivity contribution in [3.8, 4) is 0 Å². The molecule has 4 heteroatoms. The summed E-state index contributed by atoms with van der Waals surface area (Å²) in [6.07, 6.45) is 3.75. The average Bonchev–Trinajstić information content (AvgIpc) is 1.99. The first-order valence-corrected chi connectivity index (χ1v) is 5.12. The van der Waals surface area contributed by atoms with Crippen molar-refractivity contribution in [2.24, 2.45) is 0 Å². The Labute approximate surface area is 69.4 Å². The second-order valence-corrected chi connectivity index (χ2v) is 2.97. The number of esters is 1. The Morgan fingerprint density at radius 3 is 2.40 bits per heavy atom. The van der Waals surface area contributed by atoms with Crippen molar-refractivity contribution in [2.75, 3.05) is 19.6 Å². The number of carbonyl (C=O) groups is 1. The third-order valence-corrected chi connectivity index (χ3v) is 2.18. The first kappa shape index (κ1) is 9.91. The molecule has 0 saturated heterocycles. The Kier molecular flexibility index (Phi) is 5.63. The lowest BCUT2D eigenvalue weighted by molar-refractivity contribution is -0.135. The second-order valence-electron chi connectivity index (χ2n) is 1.41.